The van der Waals surface area contributed by atoms with E-state index in [-0.39, 0.29) is 6.04 Å². The fourth-order valence-corrected chi connectivity index (χ4v) is 1.83. The van der Waals surface area contributed by atoms with E-state index in [2.05, 4.69) is 18.3 Å². The van der Waals surface area contributed by atoms with Crippen molar-refractivity contribution in [3.05, 3.63) is 0 Å². The average Bonchev–Trinajstić information content (AvgIpc) is 3.15. The molecule has 3 nitrogen and oxygen atoms in total. The highest BCUT2D eigenvalue weighted by atomic mass is 16.5. The molecule has 3 heteroatoms. The van der Waals surface area contributed by atoms with E-state index >= 15 is 0 Å². The van der Waals surface area contributed by atoms with Crippen LogP contribution in [0.3, 0.4) is 0 Å². The number of hydrogen-bond donors (Lipinski definition) is 1. The van der Waals surface area contributed by atoms with E-state index in [0.29, 0.717) is 12.6 Å². The van der Waals surface area contributed by atoms with E-state index in [1.54, 1.807) is 0 Å². The van der Waals surface area contributed by atoms with Crippen LogP contribution < -0.4 is 5.32 Å². The third kappa shape index (κ3) is 8.18. The van der Waals surface area contributed by atoms with Crippen LogP contribution in [0.15, 0.2) is 0 Å². The molecule has 17 heavy (non-hydrogen) atoms. The van der Waals surface area contributed by atoms with E-state index in [9.17, 15) is 0 Å². The smallest absolute Gasteiger partial charge is 0.0977 e. The summed E-state index contributed by atoms with van der Waals surface area (Å²) in [5.41, 5.74) is 0. The average molecular weight is 238 g/mol. The van der Waals surface area contributed by atoms with E-state index in [1.807, 2.05) is 0 Å². The van der Waals surface area contributed by atoms with Crippen molar-refractivity contribution in [3.8, 4) is 6.07 Å². The first-order valence-corrected chi connectivity index (χ1v) is 7.10. The Morgan fingerprint density at radius 1 is 1.24 bits per heavy atom. The Labute approximate surface area is 106 Å². The van der Waals surface area contributed by atoms with Crippen LogP contribution in [0.25, 0.3) is 0 Å². The Hall–Kier alpha value is -0.590. The highest BCUT2D eigenvalue weighted by molar-refractivity contribution is 4.95. The summed E-state index contributed by atoms with van der Waals surface area (Å²) >= 11 is 0. The first-order chi connectivity index (χ1) is 8.36. The third-order valence-electron chi connectivity index (χ3n) is 3.11. The van der Waals surface area contributed by atoms with Gasteiger partial charge in [-0.1, -0.05) is 32.6 Å². The van der Waals surface area contributed by atoms with Crippen molar-refractivity contribution in [1.29, 1.82) is 5.26 Å². The van der Waals surface area contributed by atoms with E-state index in [0.717, 1.165) is 19.4 Å². The number of hydrogen-bond acceptors (Lipinski definition) is 3. The molecule has 0 aromatic heterocycles. The van der Waals surface area contributed by atoms with Gasteiger partial charge < -0.3 is 4.74 Å². The molecule has 1 fully saturated rings. The largest absolute Gasteiger partial charge is 0.381 e. The van der Waals surface area contributed by atoms with Crippen LogP contribution in [-0.4, -0.2) is 25.3 Å². The molecular weight excluding hydrogens is 212 g/mol. The van der Waals surface area contributed by atoms with Gasteiger partial charge in [-0.15, -0.1) is 0 Å². The van der Waals surface area contributed by atoms with Crippen molar-refractivity contribution in [2.75, 3.05) is 13.2 Å². The second kappa shape index (κ2) is 9.44. The zero-order chi connectivity index (χ0) is 12.3. The molecule has 0 radical (unpaired) electrons. The van der Waals surface area contributed by atoms with Crippen LogP contribution >= 0.6 is 0 Å². The van der Waals surface area contributed by atoms with Crippen LogP contribution in [0.2, 0.25) is 0 Å². The molecular formula is C14H26N2O. The molecule has 0 spiro atoms. The predicted molar refractivity (Wildman–Crippen MR) is 69.8 cm³/mol. The molecule has 0 aliphatic heterocycles. The molecule has 1 saturated carbocycles. The van der Waals surface area contributed by atoms with Gasteiger partial charge >= 0.3 is 0 Å². The Morgan fingerprint density at radius 2 is 2.00 bits per heavy atom. The lowest BCUT2D eigenvalue weighted by atomic mass is 10.2. The zero-order valence-corrected chi connectivity index (χ0v) is 11.1. The Kier molecular flexibility index (Phi) is 8.04. The summed E-state index contributed by atoms with van der Waals surface area (Å²) in [6.45, 7) is 3.79. The lowest BCUT2D eigenvalue weighted by molar-refractivity contribution is 0.123. The minimum Gasteiger partial charge on any atom is -0.381 e. The third-order valence-corrected chi connectivity index (χ3v) is 3.11. The number of nitrogens with zero attached hydrogens (tertiary/aromatic N) is 1. The maximum Gasteiger partial charge on any atom is 0.0977 e. The van der Waals surface area contributed by atoms with Crippen molar-refractivity contribution >= 4 is 0 Å². The summed E-state index contributed by atoms with van der Waals surface area (Å²) in [7, 11) is 0. The second-order valence-corrected chi connectivity index (χ2v) is 4.94. The molecule has 0 amide bonds. The molecule has 0 bridgehead atoms. The van der Waals surface area contributed by atoms with Gasteiger partial charge in [0.2, 0.25) is 0 Å². The molecule has 1 rings (SSSR count). The van der Waals surface area contributed by atoms with Gasteiger partial charge in [-0.05, 0) is 25.7 Å². The highest BCUT2D eigenvalue weighted by Gasteiger charge is 2.24. The maximum absolute atomic E-state index is 8.93. The van der Waals surface area contributed by atoms with E-state index in [4.69, 9.17) is 10.00 Å². The predicted octanol–water partition coefficient (Wildman–Crippen LogP) is 3.01. The summed E-state index contributed by atoms with van der Waals surface area (Å²) in [6.07, 6.45) is 9.67. The summed E-state index contributed by atoms with van der Waals surface area (Å²) in [4.78, 5) is 0. The lowest BCUT2D eigenvalue weighted by Gasteiger charge is -2.10. The van der Waals surface area contributed by atoms with Gasteiger partial charge in [0.1, 0.15) is 0 Å². The van der Waals surface area contributed by atoms with Crippen molar-refractivity contribution in [2.45, 2.75) is 70.4 Å². The van der Waals surface area contributed by atoms with Gasteiger partial charge in [-0.25, -0.2) is 0 Å². The molecule has 0 heterocycles. The van der Waals surface area contributed by atoms with Gasteiger partial charge in [0.05, 0.1) is 12.1 Å². The van der Waals surface area contributed by atoms with E-state index in [1.165, 1.54) is 38.5 Å². The molecule has 0 aromatic rings. The van der Waals surface area contributed by atoms with Crippen molar-refractivity contribution < 1.29 is 4.74 Å². The lowest BCUT2D eigenvalue weighted by Crippen LogP contribution is -2.30. The number of unbranched alkanes of at least 4 members (excludes halogenated alkanes) is 4. The number of rotatable bonds is 11. The van der Waals surface area contributed by atoms with Gasteiger partial charge in [0, 0.05) is 19.3 Å². The topological polar surface area (TPSA) is 45.0 Å². The number of ether oxygens (including phenoxy) is 1. The Balaban J connectivity index is 1.83. The zero-order valence-electron chi connectivity index (χ0n) is 11.1. The van der Waals surface area contributed by atoms with E-state index < -0.39 is 0 Å². The first kappa shape index (κ1) is 14.5. The van der Waals surface area contributed by atoms with Crippen LogP contribution in [0.4, 0.5) is 0 Å². The molecule has 98 valence electrons. The molecule has 1 N–H and O–H groups in total. The molecule has 1 unspecified atom stereocenters. The van der Waals surface area contributed by atoms with Gasteiger partial charge in [0.25, 0.3) is 0 Å². The fraction of sp³-hybridized carbons (Fsp3) is 0.929. The minimum absolute atomic E-state index is 0.0115. The second-order valence-electron chi connectivity index (χ2n) is 4.94. The quantitative estimate of drug-likeness (QED) is 0.563. The molecule has 0 saturated heterocycles. The normalized spacial score (nSPS) is 16.7. The summed E-state index contributed by atoms with van der Waals surface area (Å²) in [5.74, 6) is 0. The molecule has 1 aliphatic rings. The highest BCUT2D eigenvalue weighted by Crippen LogP contribution is 2.19. The monoisotopic (exact) mass is 238 g/mol. The molecule has 1 atom stereocenters. The van der Waals surface area contributed by atoms with Crippen LogP contribution in [0.5, 0.6) is 0 Å². The minimum atomic E-state index is -0.0115. The molecule has 1 aliphatic carbocycles. The molecule has 0 aromatic carbocycles. The van der Waals surface area contributed by atoms with Crippen molar-refractivity contribution in [2.24, 2.45) is 0 Å². The maximum atomic E-state index is 8.93. The van der Waals surface area contributed by atoms with Crippen LogP contribution in [0.1, 0.15) is 58.3 Å². The first-order valence-electron chi connectivity index (χ1n) is 7.10. The number of nitriles is 1. The SMILES string of the molecule is CCCCCCCOCCC(C#N)NC1CC1. The number of nitrogens with one attached hydrogen (secondary N) is 1. The standard InChI is InChI=1S/C14H26N2O/c1-2-3-4-5-6-10-17-11-9-14(12-15)16-13-7-8-13/h13-14,16H,2-11H2,1H3. The van der Waals surface area contributed by atoms with Gasteiger partial charge in [0.15, 0.2) is 0 Å². The fourth-order valence-electron chi connectivity index (χ4n) is 1.83. The van der Waals surface area contributed by atoms with Gasteiger partial charge in [-0.2, -0.15) is 5.26 Å². The van der Waals surface area contributed by atoms with Gasteiger partial charge in [-0.3, -0.25) is 5.32 Å². The Morgan fingerprint density at radius 3 is 2.65 bits per heavy atom. The van der Waals surface area contributed by atoms with Crippen molar-refractivity contribution in [3.63, 3.8) is 0 Å². The Bertz CT molecular complexity index is 221. The summed E-state index contributed by atoms with van der Waals surface area (Å²) in [5, 5.41) is 12.3. The summed E-state index contributed by atoms with van der Waals surface area (Å²) < 4.78 is 5.56. The van der Waals surface area contributed by atoms with Crippen molar-refractivity contribution in [1.82, 2.24) is 5.32 Å². The summed E-state index contributed by atoms with van der Waals surface area (Å²) in [6, 6.07) is 2.89. The van der Waals surface area contributed by atoms with Crippen LogP contribution in [0, 0.1) is 11.3 Å². The van der Waals surface area contributed by atoms with Crippen LogP contribution in [-0.2, 0) is 4.74 Å².